The van der Waals surface area contributed by atoms with E-state index in [0.29, 0.717) is 12.6 Å². The predicted molar refractivity (Wildman–Crippen MR) is 72.4 cm³/mol. The molecule has 0 aliphatic carbocycles. The third-order valence-electron chi connectivity index (χ3n) is 2.95. The lowest BCUT2D eigenvalue weighted by Gasteiger charge is -2.20. The summed E-state index contributed by atoms with van der Waals surface area (Å²) in [4.78, 5) is 24.4. The number of amides is 1. The summed E-state index contributed by atoms with van der Waals surface area (Å²) < 4.78 is 1.21. The van der Waals surface area contributed by atoms with E-state index in [2.05, 4.69) is 34.4 Å². The van der Waals surface area contributed by atoms with Gasteiger partial charge in [-0.25, -0.2) is 9.48 Å². The van der Waals surface area contributed by atoms with Crippen molar-refractivity contribution in [1.82, 2.24) is 25.2 Å². The van der Waals surface area contributed by atoms with Crippen LogP contribution in [0.1, 0.15) is 30.8 Å². The molecule has 1 amide bonds. The first kappa shape index (κ1) is 16.1. The second kappa shape index (κ2) is 7.59. The number of hydrogen-bond acceptors (Lipinski definition) is 5. The molecule has 0 saturated heterocycles. The third kappa shape index (κ3) is 5.35. The molecule has 0 aromatic carbocycles. The van der Waals surface area contributed by atoms with Gasteiger partial charge < -0.3 is 15.3 Å². The maximum absolute atomic E-state index is 11.6. The Labute approximate surface area is 117 Å². The number of carboxylic acids is 1. The van der Waals surface area contributed by atoms with Crippen LogP contribution < -0.4 is 5.32 Å². The molecule has 0 bridgehead atoms. The number of carboxylic acid groups (broad SMARTS) is 1. The van der Waals surface area contributed by atoms with Crippen molar-refractivity contribution in [1.29, 1.82) is 0 Å². The van der Waals surface area contributed by atoms with Crippen molar-refractivity contribution in [3.05, 3.63) is 11.9 Å². The second-order valence-corrected chi connectivity index (χ2v) is 4.88. The number of aromatic nitrogens is 3. The molecule has 20 heavy (non-hydrogen) atoms. The Bertz CT molecular complexity index is 458. The number of aromatic carboxylic acids is 1. The largest absolute Gasteiger partial charge is 0.476 e. The molecule has 1 aromatic rings. The minimum atomic E-state index is -1.16. The van der Waals surface area contributed by atoms with Gasteiger partial charge in [0.05, 0.1) is 6.20 Å². The molecule has 0 fully saturated rings. The molecule has 0 aliphatic heterocycles. The highest BCUT2D eigenvalue weighted by molar-refractivity contribution is 5.84. The fourth-order valence-electron chi connectivity index (χ4n) is 1.49. The van der Waals surface area contributed by atoms with Crippen LogP contribution in [0.4, 0.5) is 0 Å². The highest BCUT2D eigenvalue weighted by atomic mass is 16.4. The van der Waals surface area contributed by atoms with Crippen LogP contribution in [-0.4, -0.2) is 63.1 Å². The van der Waals surface area contributed by atoms with E-state index < -0.39 is 5.97 Å². The predicted octanol–water partition coefficient (Wildman–Crippen LogP) is -0.177. The normalized spacial score (nSPS) is 11.1. The smallest absolute Gasteiger partial charge is 0.358 e. The Kier molecular flexibility index (Phi) is 6.10. The molecule has 0 aliphatic rings. The molecule has 8 heteroatoms. The fourth-order valence-corrected chi connectivity index (χ4v) is 1.49. The quantitative estimate of drug-likeness (QED) is 0.642. The van der Waals surface area contributed by atoms with Crippen molar-refractivity contribution < 1.29 is 14.7 Å². The van der Waals surface area contributed by atoms with Gasteiger partial charge in [0.25, 0.3) is 0 Å². The van der Waals surface area contributed by atoms with Gasteiger partial charge in [0.2, 0.25) is 5.91 Å². The molecule has 1 rings (SSSR count). The zero-order chi connectivity index (χ0) is 15.1. The number of rotatable bonds is 8. The van der Waals surface area contributed by atoms with Crippen LogP contribution in [0.2, 0.25) is 0 Å². The number of carbonyl (C=O) groups excluding carboxylic acids is 1. The zero-order valence-corrected chi connectivity index (χ0v) is 12.0. The highest BCUT2D eigenvalue weighted by Gasteiger charge is 2.10. The molecule has 2 N–H and O–H groups in total. The lowest BCUT2D eigenvalue weighted by Crippen LogP contribution is -2.32. The molecule has 8 nitrogen and oxygen atoms in total. The van der Waals surface area contributed by atoms with Gasteiger partial charge in [-0.2, -0.15) is 0 Å². The lowest BCUT2D eigenvalue weighted by molar-refractivity contribution is -0.121. The van der Waals surface area contributed by atoms with E-state index in [1.807, 2.05) is 7.05 Å². The SMILES string of the molecule is CC(C)N(C)CCCNC(=O)Cn1cc(C(=O)O)nn1. The molecule has 0 atom stereocenters. The molecule has 0 saturated carbocycles. The summed E-state index contributed by atoms with van der Waals surface area (Å²) in [6.07, 6.45) is 2.09. The highest BCUT2D eigenvalue weighted by Crippen LogP contribution is 1.95. The first-order valence-corrected chi connectivity index (χ1v) is 6.50. The maximum atomic E-state index is 11.6. The minimum Gasteiger partial charge on any atom is -0.476 e. The van der Waals surface area contributed by atoms with Crippen molar-refractivity contribution in [3.63, 3.8) is 0 Å². The van der Waals surface area contributed by atoms with Gasteiger partial charge in [0.1, 0.15) is 6.54 Å². The van der Waals surface area contributed by atoms with E-state index in [1.165, 1.54) is 10.9 Å². The summed E-state index contributed by atoms with van der Waals surface area (Å²) in [6.45, 7) is 5.69. The van der Waals surface area contributed by atoms with Crippen molar-refractivity contribution in [2.45, 2.75) is 32.9 Å². The summed E-state index contributed by atoms with van der Waals surface area (Å²) in [6, 6.07) is 0.482. The summed E-state index contributed by atoms with van der Waals surface area (Å²) >= 11 is 0. The van der Waals surface area contributed by atoms with Gasteiger partial charge in [0.15, 0.2) is 5.69 Å². The molecule has 0 unspecified atom stereocenters. The number of nitrogens with one attached hydrogen (secondary N) is 1. The van der Waals surface area contributed by atoms with E-state index >= 15 is 0 Å². The van der Waals surface area contributed by atoms with Gasteiger partial charge in [-0.1, -0.05) is 5.21 Å². The Hall–Kier alpha value is -1.96. The van der Waals surface area contributed by atoms with E-state index in [9.17, 15) is 9.59 Å². The Morgan fingerprint density at radius 2 is 2.20 bits per heavy atom. The van der Waals surface area contributed by atoms with Gasteiger partial charge in [-0.05, 0) is 33.9 Å². The minimum absolute atomic E-state index is 0.0275. The summed E-state index contributed by atoms with van der Waals surface area (Å²) in [5.74, 6) is -1.37. The summed E-state index contributed by atoms with van der Waals surface area (Å²) in [5, 5.41) is 18.5. The van der Waals surface area contributed by atoms with Crippen molar-refractivity contribution in [2.24, 2.45) is 0 Å². The van der Waals surface area contributed by atoms with E-state index in [-0.39, 0.29) is 18.1 Å². The molecule has 1 aromatic heterocycles. The standard InChI is InChI=1S/C12H21N5O3/c1-9(2)16(3)6-4-5-13-11(18)8-17-7-10(12(19)20)14-15-17/h7,9H,4-6,8H2,1-3H3,(H,13,18)(H,19,20). The maximum Gasteiger partial charge on any atom is 0.358 e. The average Bonchev–Trinajstić information content (AvgIpc) is 2.82. The Morgan fingerprint density at radius 1 is 1.50 bits per heavy atom. The molecular weight excluding hydrogens is 262 g/mol. The Morgan fingerprint density at radius 3 is 2.75 bits per heavy atom. The third-order valence-corrected chi connectivity index (χ3v) is 2.95. The molecule has 1 heterocycles. The molecule has 0 radical (unpaired) electrons. The lowest BCUT2D eigenvalue weighted by atomic mass is 10.3. The zero-order valence-electron chi connectivity index (χ0n) is 12.0. The number of carbonyl (C=O) groups is 2. The second-order valence-electron chi connectivity index (χ2n) is 4.88. The van der Waals surface area contributed by atoms with E-state index in [0.717, 1.165) is 13.0 Å². The van der Waals surface area contributed by atoms with Crippen LogP contribution in [0.25, 0.3) is 0 Å². The van der Waals surface area contributed by atoms with Crippen molar-refractivity contribution in [3.8, 4) is 0 Å². The monoisotopic (exact) mass is 283 g/mol. The molecule has 0 spiro atoms. The first-order valence-electron chi connectivity index (χ1n) is 6.50. The van der Waals surface area contributed by atoms with Crippen molar-refractivity contribution >= 4 is 11.9 Å². The van der Waals surface area contributed by atoms with Crippen LogP contribution in [0.5, 0.6) is 0 Å². The Balaban J connectivity index is 2.24. The number of hydrogen-bond donors (Lipinski definition) is 2. The van der Waals surface area contributed by atoms with Gasteiger partial charge in [-0.15, -0.1) is 5.10 Å². The van der Waals surface area contributed by atoms with Crippen LogP contribution in [0, 0.1) is 0 Å². The topological polar surface area (TPSA) is 100 Å². The van der Waals surface area contributed by atoms with Crippen LogP contribution in [0.3, 0.4) is 0 Å². The van der Waals surface area contributed by atoms with Gasteiger partial charge in [-0.3, -0.25) is 4.79 Å². The number of nitrogens with zero attached hydrogens (tertiary/aromatic N) is 4. The van der Waals surface area contributed by atoms with Gasteiger partial charge in [0, 0.05) is 12.6 Å². The van der Waals surface area contributed by atoms with Crippen LogP contribution in [-0.2, 0) is 11.3 Å². The van der Waals surface area contributed by atoms with E-state index in [4.69, 9.17) is 5.11 Å². The van der Waals surface area contributed by atoms with Crippen LogP contribution in [0.15, 0.2) is 6.20 Å². The fraction of sp³-hybridized carbons (Fsp3) is 0.667. The first-order chi connectivity index (χ1) is 9.40. The summed E-state index contributed by atoms with van der Waals surface area (Å²) in [5.41, 5.74) is -0.170. The molecule has 112 valence electrons. The van der Waals surface area contributed by atoms with Crippen molar-refractivity contribution in [2.75, 3.05) is 20.1 Å². The van der Waals surface area contributed by atoms with Crippen LogP contribution >= 0.6 is 0 Å². The average molecular weight is 283 g/mol. The molecular formula is C12H21N5O3. The van der Waals surface area contributed by atoms with Gasteiger partial charge >= 0.3 is 5.97 Å². The summed E-state index contributed by atoms with van der Waals surface area (Å²) in [7, 11) is 2.04. The van der Waals surface area contributed by atoms with E-state index in [1.54, 1.807) is 0 Å².